The van der Waals surface area contributed by atoms with Crippen LogP contribution in [0.2, 0.25) is 0 Å². The fraction of sp³-hybridized carbons (Fsp3) is 0.182. The Labute approximate surface area is 163 Å². The van der Waals surface area contributed by atoms with Gasteiger partial charge >= 0.3 is 5.97 Å². The molecule has 1 aromatic heterocycles. The monoisotopic (exact) mass is 379 g/mol. The Morgan fingerprint density at radius 3 is 2.46 bits per heavy atom. The summed E-state index contributed by atoms with van der Waals surface area (Å²) < 4.78 is 16.0. The number of rotatable bonds is 6. The van der Waals surface area contributed by atoms with Gasteiger partial charge in [-0.15, -0.1) is 0 Å². The number of benzene rings is 2. The van der Waals surface area contributed by atoms with Gasteiger partial charge in [-0.3, -0.25) is 4.79 Å². The molecule has 0 aliphatic carbocycles. The van der Waals surface area contributed by atoms with Crippen molar-refractivity contribution in [1.29, 1.82) is 0 Å². The van der Waals surface area contributed by atoms with E-state index in [1.807, 2.05) is 31.2 Å². The molecule has 3 rings (SSSR count). The number of aryl methyl sites for hydroxylation is 1. The molecule has 3 aromatic rings. The quantitative estimate of drug-likeness (QED) is 0.638. The highest BCUT2D eigenvalue weighted by Gasteiger charge is 2.16. The smallest absolute Gasteiger partial charge is 0.338 e. The first kappa shape index (κ1) is 19.2. The number of hydrogen-bond acceptors (Lipinski definition) is 5. The van der Waals surface area contributed by atoms with Crippen LogP contribution in [0.1, 0.15) is 37.8 Å². The zero-order valence-corrected chi connectivity index (χ0v) is 15.9. The fourth-order valence-corrected chi connectivity index (χ4v) is 2.65. The maximum atomic E-state index is 12.5. The number of nitrogens with one attached hydrogen (secondary N) is 1. The number of esters is 1. The van der Waals surface area contributed by atoms with Gasteiger partial charge < -0.3 is 19.2 Å². The van der Waals surface area contributed by atoms with Gasteiger partial charge in [-0.1, -0.05) is 23.8 Å². The summed E-state index contributed by atoms with van der Waals surface area (Å²) in [6, 6.07) is 16.0. The van der Waals surface area contributed by atoms with Crippen molar-refractivity contribution in [2.45, 2.75) is 20.5 Å². The lowest BCUT2D eigenvalue weighted by molar-refractivity contribution is 0.0599. The maximum Gasteiger partial charge on any atom is 0.338 e. The van der Waals surface area contributed by atoms with E-state index in [9.17, 15) is 9.59 Å². The van der Waals surface area contributed by atoms with E-state index in [0.717, 1.165) is 11.3 Å². The normalized spacial score (nSPS) is 10.4. The number of furan rings is 1. The summed E-state index contributed by atoms with van der Waals surface area (Å²) in [6.07, 6.45) is 0. The molecule has 0 aliphatic rings. The molecule has 0 bridgehead atoms. The standard InChI is InChI=1S/C22H21NO5/c1-14-7-9-16(10-8-14)27-13-17-11-12-20(28-17)21(24)23-19-6-4-5-18(15(19)2)22(25)26-3/h4-12H,13H2,1-3H3,(H,23,24). The van der Waals surface area contributed by atoms with Crippen LogP contribution >= 0.6 is 0 Å². The van der Waals surface area contributed by atoms with Crippen molar-refractivity contribution >= 4 is 17.6 Å². The van der Waals surface area contributed by atoms with Gasteiger partial charge in [0.2, 0.25) is 0 Å². The molecular formula is C22H21NO5. The number of amides is 1. The highest BCUT2D eigenvalue weighted by atomic mass is 16.5. The van der Waals surface area contributed by atoms with Gasteiger partial charge in [0, 0.05) is 5.69 Å². The van der Waals surface area contributed by atoms with E-state index < -0.39 is 11.9 Å². The third-order valence-corrected chi connectivity index (χ3v) is 4.27. The van der Waals surface area contributed by atoms with Crippen LogP contribution in [0.25, 0.3) is 0 Å². The fourth-order valence-electron chi connectivity index (χ4n) is 2.65. The minimum absolute atomic E-state index is 0.158. The summed E-state index contributed by atoms with van der Waals surface area (Å²) >= 11 is 0. The molecule has 6 nitrogen and oxygen atoms in total. The molecule has 6 heteroatoms. The Hall–Kier alpha value is -3.54. The van der Waals surface area contributed by atoms with E-state index in [0.29, 0.717) is 22.6 Å². The van der Waals surface area contributed by atoms with E-state index in [1.54, 1.807) is 37.3 Å². The van der Waals surface area contributed by atoms with Gasteiger partial charge in [0.25, 0.3) is 5.91 Å². The molecule has 1 amide bonds. The SMILES string of the molecule is COC(=O)c1cccc(NC(=O)c2ccc(COc3ccc(C)cc3)o2)c1C. The summed E-state index contributed by atoms with van der Waals surface area (Å²) in [7, 11) is 1.32. The van der Waals surface area contributed by atoms with Crippen LogP contribution in [0.4, 0.5) is 5.69 Å². The minimum Gasteiger partial charge on any atom is -0.486 e. The number of ether oxygens (including phenoxy) is 2. The predicted octanol–water partition coefficient (Wildman–Crippen LogP) is 4.51. The number of hydrogen-bond donors (Lipinski definition) is 1. The second-order valence-corrected chi connectivity index (χ2v) is 6.29. The van der Waals surface area contributed by atoms with Crippen molar-refractivity contribution < 1.29 is 23.5 Å². The molecule has 0 spiro atoms. The van der Waals surface area contributed by atoms with Crippen LogP contribution in [-0.4, -0.2) is 19.0 Å². The number of carbonyl (C=O) groups excluding carboxylic acids is 2. The van der Waals surface area contributed by atoms with E-state index in [1.165, 1.54) is 7.11 Å². The zero-order valence-electron chi connectivity index (χ0n) is 15.9. The average Bonchev–Trinajstić information content (AvgIpc) is 3.18. The third kappa shape index (κ3) is 4.40. The Morgan fingerprint density at radius 1 is 1.00 bits per heavy atom. The molecule has 0 unspecified atom stereocenters. The molecule has 0 aliphatic heterocycles. The van der Waals surface area contributed by atoms with Crippen molar-refractivity contribution in [3.63, 3.8) is 0 Å². The second-order valence-electron chi connectivity index (χ2n) is 6.29. The number of anilines is 1. The zero-order chi connectivity index (χ0) is 20.1. The first-order valence-corrected chi connectivity index (χ1v) is 8.75. The van der Waals surface area contributed by atoms with E-state index in [-0.39, 0.29) is 12.4 Å². The molecule has 0 saturated carbocycles. The lowest BCUT2D eigenvalue weighted by atomic mass is 10.1. The van der Waals surface area contributed by atoms with Crippen molar-refractivity contribution in [2.75, 3.05) is 12.4 Å². The number of carbonyl (C=O) groups is 2. The van der Waals surface area contributed by atoms with Gasteiger partial charge in [-0.05, 0) is 55.8 Å². The van der Waals surface area contributed by atoms with Gasteiger partial charge in [-0.2, -0.15) is 0 Å². The predicted molar refractivity (Wildman–Crippen MR) is 105 cm³/mol. The van der Waals surface area contributed by atoms with Gasteiger partial charge in [-0.25, -0.2) is 4.79 Å². The molecule has 28 heavy (non-hydrogen) atoms. The highest BCUT2D eigenvalue weighted by molar-refractivity contribution is 6.04. The lowest BCUT2D eigenvalue weighted by Crippen LogP contribution is -2.13. The van der Waals surface area contributed by atoms with Crippen LogP contribution in [0, 0.1) is 13.8 Å². The Kier molecular flexibility index (Phi) is 5.79. The van der Waals surface area contributed by atoms with Crippen molar-refractivity contribution in [1.82, 2.24) is 0 Å². The third-order valence-electron chi connectivity index (χ3n) is 4.27. The largest absolute Gasteiger partial charge is 0.486 e. The lowest BCUT2D eigenvalue weighted by Gasteiger charge is -2.10. The molecule has 2 aromatic carbocycles. The number of methoxy groups -OCH3 is 1. The average molecular weight is 379 g/mol. The van der Waals surface area contributed by atoms with E-state index in [4.69, 9.17) is 13.9 Å². The minimum atomic E-state index is -0.456. The van der Waals surface area contributed by atoms with Crippen LogP contribution in [0.3, 0.4) is 0 Å². The van der Waals surface area contributed by atoms with Crippen LogP contribution in [0.5, 0.6) is 5.75 Å². The highest BCUT2D eigenvalue weighted by Crippen LogP contribution is 2.21. The molecular weight excluding hydrogens is 358 g/mol. The van der Waals surface area contributed by atoms with Crippen LogP contribution < -0.4 is 10.1 Å². The maximum absolute atomic E-state index is 12.5. The Balaban J connectivity index is 1.66. The summed E-state index contributed by atoms with van der Waals surface area (Å²) in [4.78, 5) is 24.3. The topological polar surface area (TPSA) is 77.8 Å². The summed E-state index contributed by atoms with van der Waals surface area (Å²) in [6.45, 7) is 3.96. The van der Waals surface area contributed by atoms with Crippen molar-refractivity contribution in [2.24, 2.45) is 0 Å². The first-order valence-electron chi connectivity index (χ1n) is 8.75. The Bertz CT molecular complexity index is 988. The Morgan fingerprint density at radius 2 is 1.75 bits per heavy atom. The van der Waals surface area contributed by atoms with Crippen molar-refractivity contribution in [3.8, 4) is 5.75 Å². The molecule has 0 fully saturated rings. The van der Waals surface area contributed by atoms with E-state index >= 15 is 0 Å². The second kappa shape index (κ2) is 8.43. The molecule has 144 valence electrons. The molecule has 0 radical (unpaired) electrons. The summed E-state index contributed by atoms with van der Waals surface area (Å²) in [5.74, 6) is 0.549. The molecule has 0 atom stereocenters. The first-order chi connectivity index (χ1) is 13.5. The van der Waals surface area contributed by atoms with Crippen LogP contribution in [-0.2, 0) is 11.3 Å². The van der Waals surface area contributed by atoms with E-state index in [2.05, 4.69) is 5.32 Å². The van der Waals surface area contributed by atoms with Gasteiger partial charge in [0.1, 0.15) is 18.1 Å². The summed E-state index contributed by atoms with van der Waals surface area (Å²) in [5.41, 5.74) is 2.68. The summed E-state index contributed by atoms with van der Waals surface area (Å²) in [5, 5.41) is 2.76. The molecule has 0 saturated heterocycles. The van der Waals surface area contributed by atoms with Gasteiger partial charge in [0.05, 0.1) is 12.7 Å². The van der Waals surface area contributed by atoms with Gasteiger partial charge in [0.15, 0.2) is 5.76 Å². The van der Waals surface area contributed by atoms with Crippen molar-refractivity contribution in [3.05, 3.63) is 82.8 Å². The molecule has 1 N–H and O–H groups in total. The van der Waals surface area contributed by atoms with Crippen LogP contribution in [0.15, 0.2) is 59.0 Å². The molecule has 1 heterocycles.